The molecular weight excluding hydrogens is 244 g/mol. The van der Waals surface area contributed by atoms with E-state index in [1.807, 2.05) is 17.6 Å². The number of fused-ring (bicyclic) bond motifs is 1. The molecule has 0 fully saturated rings. The van der Waals surface area contributed by atoms with E-state index in [2.05, 4.69) is 36.3 Å². The molecule has 4 heteroatoms. The Bertz CT molecular complexity index is 552. The first-order valence-electron chi connectivity index (χ1n) is 6.13. The Balaban J connectivity index is 1.77. The minimum Gasteiger partial charge on any atom is -0.491 e. The summed E-state index contributed by atoms with van der Waals surface area (Å²) >= 11 is 1.71. The maximum Gasteiger partial charge on any atom is 0.124 e. The molecule has 0 spiro atoms. The Morgan fingerprint density at radius 1 is 1.44 bits per heavy atom. The molecule has 0 aliphatic carbocycles. The van der Waals surface area contributed by atoms with Gasteiger partial charge in [-0.05, 0) is 19.9 Å². The quantitative estimate of drug-likeness (QED) is 0.920. The Labute approximate surface area is 111 Å². The minimum atomic E-state index is 0.276. The highest BCUT2D eigenvalue weighted by Gasteiger charge is 2.25. The van der Waals surface area contributed by atoms with E-state index in [9.17, 15) is 0 Å². The van der Waals surface area contributed by atoms with Crippen molar-refractivity contribution in [1.29, 1.82) is 0 Å². The number of hydrogen-bond donors (Lipinski definition) is 1. The van der Waals surface area contributed by atoms with Crippen molar-refractivity contribution in [2.45, 2.75) is 25.9 Å². The molecule has 1 aromatic carbocycles. The Hall–Kier alpha value is -1.39. The van der Waals surface area contributed by atoms with Crippen LogP contribution in [-0.2, 0) is 0 Å². The van der Waals surface area contributed by atoms with Gasteiger partial charge in [-0.25, -0.2) is 4.98 Å². The number of hydrogen-bond acceptors (Lipinski definition) is 4. The van der Waals surface area contributed by atoms with Crippen LogP contribution in [0.1, 0.15) is 35.1 Å². The Morgan fingerprint density at radius 3 is 3.06 bits per heavy atom. The zero-order chi connectivity index (χ0) is 12.5. The smallest absolute Gasteiger partial charge is 0.124 e. The van der Waals surface area contributed by atoms with Crippen molar-refractivity contribution in [2.75, 3.05) is 6.61 Å². The molecule has 0 bridgehead atoms. The summed E-state index contributed by atoms with van der Waals surface area (Å²) in [6, 6.07) is 8.81. The van der Waals surface area contributed by atoms with E-state index >= 15 is 0 Å². The average molecular weight is 260 g/mol. The average Bonchev–Trinajstić information content (AvgIpc) is 2.97. The van der Waals surface area contributed by atoms with Crippen LogP contribution in [0.15, 0.2) is 29.8 Å². The lowest BCUT2D eigenvalue weighted by Gasteiger charge is -2.18. The number of aryl methyl sites for hydroxylation is 1. The van der Waals surface area contributed by atoms with Crippen molar-refractivity contribution >= 4 is 11.3 Å². The van der Waals surface area contributed by atoms with Crippen molar-refractivity contribution in [3.8, 4) is 5.75 Å². The molecule has 1 aromatic heterocycles. The molecule has 0 amide bonds. The number of para-hydroxylation sites is 1. The van der Waals surface area contributed by atoms with Gasteiger partial charge in [0.1, 0.15) is 12.4 Å². The first-order valence-corrected chi connectivity index (χ1v) is 7.01. The predicted octanol–water partition coefficient (Wildman–Crippen LogP) is 3.24. The lowest BCUT2D eigenvalue weighted by molar-refractivity contribution is 0.301. The fourth-order valence-electron chi connectivity index (χ4n) is 2.40. The number of thiazole rings is 1. The summed E-state index contributed by atoms with van der Waals surface area (Å²) in [5.41, 5.74) is 4.28. The van der Waals surface area contributed by atoms with Gasteiger partial charge in [0, 0.05) is 16.5 Å². The van der Waals surface area contributed by atoms with Crippen molar-refractivity contribution in [2.24, 2.45) is 0 Å². The van der Waals surface area contributed by atoms with E-state index in [0.29, 0.717) is 12.6 Å². The Morgan fingerprint density at radius 2 is 2.28 bits per heavy atom. The summed E-state index contributed by atoms with van der Waals surface area (Å²) in [6.45, 7) is 4.95. The first-order chi connectivity index (χ1) is 8.75. The minimum absolute atomic E-state index is 0.276. The first kappa shape index (κ1) is 11.7. The van der Waals surface area contributed by atoms with Crippen LogP contribution in [0, 0.1) is 6.92 Å². The van der Waals surface area contributed by atoms with Crippen molar-refractivity contribution < 1.29 is 4.74 Å². The summed E-state index contributed by atoms with van der Waals surface area (Å²) in [6.07, 6.45) is 0. The van der Waals surface area contributed by atoms with Gasteiger partial charge in [0.15, 0.2) is 0 Å². The molecule has 18 heavy (non-hydrogen) atoms. The molecule has 3 rings (SSSR count). The maximum absolute atomic E-state index is 5.68. The molecule has 2 aromatic rings. The van der Waals surface area contributed by atoms with Gasteiger partial charge in [-0.2, -0.15) is 0 Å². The van der Waals surface area contributed by atoms with Gasteiger partial charge < -0.3 is 4.74 Å². The summed E-state index contributed by atoms with van der Waals surface area (Å²) in [7, 11) is 0. The van der Waals surface area contributed by atoms with Crippen LogP contribution >= 0.6 is 11.3 Å². The van der Waals surface area contributed by atoms with E-state index in [0.717, 1.165) is 11.4 Å². The molecular formula is C14H16N2OS. The summed E-state index contributed by atoms with van der Waals surface area (Å²) in [4.78, 5) is 5.61. The van der Waals surface area contributed by atoms with Gasteiger partial charge in [0.05, 0.1) is 17.2 Å². The standard InChI is InChI=1S/C14H16N2OS/c1-9-14(18-8-15-9)10(2)16-12-7-17-13-6-4-3-5-11(12)13/h3-6,8,10,12,16H,7H2,1-2H3. The molecule has 0 saturated heterocycles. The lowest BCUT2D eigenvalue weighted by atomic mass is 10.1. The van der Waals surface area contributed by atoms with Gasteiger partial charge in [0.25, 0.3) is 0 Å². The maximum atomic E-state index is 5.68. The van der Waals surface area contributed by atoms with Crippen LogP contribution in [0.4, 0.5) is 0 Å². The van der Waals surface area contributed by atoms with Crippen LogP contribution in [0.3, 0.4) is 0 Å². The highest BCUT2D eigenvalue weighted by molar-refractivity contribution is 7.09. The zero-order valence-electron chi connectivity index (χ0n) is 10.5. The van der Waals surface area contributed by atoms with E-state index in [-0.39, 0.29) is 6.04 Å². The zero-order valence-corrected chi connectivity index (χ0v) is 11.3. The molecule has 2 atom stereocenters. The van der Waals surface area contributed by atoms with E-state index in [4.69, 9.17) is 4.74 Å². The highest BCUT2D eigenvalue weighted by atomic mass is 32.1. The summed E-state index contributed by atoms with van der Waals surface area (Å²) < 4.78 is 5.68. The predicted molar refractivity (Wildman–Crippen MR) is 73.1 cm³/mol. The van der Waals surface area contributed by atoms with E-state index in [1.165, 1.54) is 10.4 Å². The van der Waals surface area contributed by atoms with Gasteiger partial charge in [0.2, 0.25) is 0 Å². The van der Waals surface area contributed by atoms with Crippen molar-refractivity contribution in [1.82, 2.24) is 10.3 Å². The SMILES string of the molecule is Cc1ncsc1C(C)NC1COc2ccccc21. The molecule has 0 saturated carbocycles. The second kappa shape index (κ2) is 4.71. The molecule has 1 N–H and O–H groups in total. The molecule has 0 radical (unpaired) electrons. The second-order valence-corrected chi connectivity index (χ2v) is 5.48. The molecule has 1 aliphatic heterocycles. The lowest BCUT2D eigenvalue weighted by Crippen LogP contribution is -2.25. The fourth-order valence-corrected chi connectivity index (χ4v) is 3.22. The van der Waals surface area contributed by atoms with Crippen LogP contribution in [-0.4, -0.2) is 11.6 Å². The van der Waals surface area contributed by atoms with E-state index < -0.39 is 0 Å². The monoisotopic (exact) mass is 260 g/mol. The number of rotatable bonds is 3. The van der Waals surface area contributed by atoms with Gasteiger partial charge in [-0.3, -0.25) is 5.32 Å². The van der Waals surface area contributed by atoms with Crippen molar-refractivity contribution in [3.63, 3.8) is 0 Å². The van der Waals surface area contributed by atoms with Gasteiger partial charge in [-0.15, -0.1) is 11.3 Å². The van der Waals surface area contributed by atoms with Gasteiger partial charge in [-0.1, -0.05) is 18.2 Å². The molecule has 2 heterocycles. The second-order valence-electron chi connectivity index (χ2n) is 4.59. The Kier molecular flexibility index (Phi) is 3.06. The summed E-state index contributed by atoms with van der Waals surface area (Å²) in [5.74, 6) is 1.00. The van der Waals surface area contributed by atoms with Gasteiger partial charge >= 0.3 is 0 Å². The molecule has 2 unspecified atom stereocenters. The number of ether oxygens (including phenoxy) is 1. The van der Waals surface area contributed by atoms with Crippen LogP contribution in [0.5, 0.6) is 5.75 Å². The largest absolute Gasteiger partial charge is 0.491 e. The molecule has 1 aliphatic rings. The third kappa shape index (κ3) is 2.02. The van der Waals surface area contributed by atoms with Crippen LogP contribution in [0.2, 0.25) is 0 Å². The van der Waals surface area contributed by atoms with Crippen LogP contribution < -0.4 is 10.1 Å². The topological polar surface area (TPSA) is 34.2 Å². The van der Waals surface area contributed by atoms with Crippen LogP contribution in [0.25, 0.3) is 0 Å². The number of aromatic nitrogens is 1. The number of benzene rings is 1. The normalized spacial score (nSPS) is 19.3. The third-order valence-electron chi connectivity index (χ3n) is 3.33. The van der Waals surface area contributed by atoms with Crippen molar-refractivity contribution in [3.05, 3.63) is 45.9 Å². The number of nitrogens with zero attached hydrogens (tertiary/aromatic N) is 1. The number of nitrogens with one attached hydrogen (secondary N) is 1. The molecule has 3 nitrogen and oxygen atoms in total. The fraction of sp³-hybridized carbons (Fsp3) is 0.357. The third-order valence-corrected chi connectivity index (χ3v) is 4.44. The summed E-state index contributed by atoms with van der Waals surface area (Å²) in [5, 5.41) is 3.62. The molecule has 94 valence electrons. The van der Waals surface area contributed by atoms with E-state index in [1.54, 1.807) is 11.3 Å². The highest BCUT2D eigenvalue weighted by Crippen LogP contribution is 2.34.